The van der Waals surface area contributed by atoms with E-state index in [9.17, 15) is 9.18 Å². The van der Waals surface area contributed by atoms with E-state index in [0.29, 0.717) is 43.2 Å². The molecule has 8 heteroatoms. The van der Waals surface area contributed by atoms with Gasteiger partial charge in [0.05, 0.1) is 30.5 Å². The molecule has 0 N–H and O–H groups in total. The maximum atomic E-state index is 14.5. The van der Waals surface area contributed by atoms with E-state index in [0.717, 1.165) is 48.4 Å². The molecule has 0 spiro atoms. The fourth-order valence-corrected chi connectivity index (χ4v) is 6.32. The predicted molar refractivity (Wildman–Crippen MR) is 155 cm³/mol. The zero-order chi connectivity index (χ0) is 28.6. The first-order chi connectivity index (χ1) is 19.2. The van der Waals surface area contributed by atoms with Gasteiger partial charge in [0.15, 0.2) is 6.29 Å². The van der Waals surface area contributed by atoms with Gasteiger partial charge in [0, 0.05) is 49.4 Å². The number of halogens is 1. The molecule has 2 saturated heterocycles. The van der Waals surface area contributed by atoms with Gasteiger partial charge in [-0.25, -0.2) is 9.37 Å². The summed E-state index contributed by atoms with van der Waals surface area (Å²) >= 11 is 0. The predicted octanol–water partition coefficient (Wildman–Crippen LogP) is 5.90. The van der Waals surface area contributed by atoms with Crippen LogP contribution in [0.15, 0.2) is 36.7 Å². The van der Waals surface area contributed by atoms with Gasteiger partial charge >= 0.3 is 0 Å². The van der Waals surface area contributed by atoms with E-state index in [1.54, 1.807) is 11.0 Å². The third kappa shape index (κ3) is 5.67. The van der Waals surface area contributed by atoms with E-state index >= 15 is 0 Å². The van der Waals surface area contributed by atoms with E-state index < -0.39 is 5.82 Å². The molecule has 5 rings (SSSR count). The van der Waals surface area contributed by atoms with Crippen LogP contribution in [0.4, 0.5) is 4.39 Å². The molecule has 1 atom stereocenters. The molecule has 4 heterocycles. The quantitative estimate of drug-likeness (QED) is 0.315. The van der Waals surface area contributed by atoms with Crippen molar-refractivity contribution in [2.75, 3.05) is 32.8 Å². The van der Waals surface area contributed by atoms with Gasteiger partial charge in [0.1, 0.15) is 11.6 Å². The molecule has 2 aliphatic rings. The zero-order valence-electron chi connectivity index (χ0n) is 24.7. The molecule has 0 bridgehead atoms. The molecule has 0 radical (unpaired) electrons. The van der Waals surface area contributed by atoms with Crippen molar-refractivity contribution in [3.63, 3.8) is 0 Å². The van der Waals surface area contributed by atoms with Crippen LogP contribution >= 0.6 is 0 Å². The smallest absolute Gasteiger partial charge is 0.254 e. The standard InChI is InChI=1S/C32H43FN4O3/c1-7-36(21(4)5)32(38)28-15-25(33)8-9-26(28)27-14-23(19-37-22(6)34-16-30(27)37)24-17-35(18-24)29(20(2)3)10-11-31-39-12-13-40-31/h8-9,14-16,19-21,24,29,31H,7,10-13,17-18H2,1-6H3. The summed E-state index contributed by atoms with van der Waals surface area (Å²) in [5.41, 5.74) is 4.17. The highest BCUT2D eigenvalue weighted by Gasteiger charge is 2.36. The molecule has 40 heavy (non-hydrogen) atoms. The number of nitrogens with zero attached hydrogens (tertiary/aromatic N) is 4. The number of imidazole rings is 1. The van der Waals surface area contributed by atoms with Crippen LogP contribution in [0, 0.1) is 18.7 Å². The topological polar surface area (TPSA) is 59.3 Å². The number of ether oxygens (including phenoxy) is 2. The van der Waals surface area contributed by atoms with Crippen molar-refractivity contribution in [3.8, 4) is 11.1 Å². The molecule has 2 fully saturated rings. The summed E-state index contributed by atoms with van der Waals surface area (Å²) in [5.74, 6) is 1.22. The second-order valence-electron chi connectivity index (χ2n) is 11.8. The number of amides is 1. The number of aryl methyl sites for hydroxylation is 1. The van der Waals surface area contributed by atoms with Gasteiger partial charge in [0.25, 0.3) is 5.91 Å². The molecule has 0 aliphatic carbocycles. The lowest BCUT2D eigenvalue weighted by molar-refractivity contribution is -0.0564. The Morgan fingerprint density at radius 1 is 1.12 bits per heavy atom. The maximum absolute atomic E-state index is 14.5. The largest absolute Gasteiger partial charge is 0.350 e. The third-order valence-corrected chi connectivity index (χ3v) is 8.58. The second kappa shape index (κ2) is 12.0. The molecule has 7 nitrogen and oxygen atoms in total. The number of rotatable bonds is 10. The van der Waals surface area contributed by atoms with E-state index in [1.165, 1.54) is 17.7 Å². The lowest BCUT2D eigenvalue weighted by Crippen LogP contribution is -2.52. The Kier molecular flexibility index (Phi) is 8.59. The van der Waals surface area contributed by atoms with Crippen molar-refractivity contribution in [3.05, 3.63) is 59.4 Å². The normalized spacial score (nSPS) is 17.7. The molecule has 1 unspecified atom stereocenters. The van der Waals surface area contributed by atoms with Crippen LogP contribution in [0.25, 0.3) is 16.6 Å². The number of likely N-dealkylation sites (tertiary alicyclic amines) is 1. The van der Waals surface area contributed by atoms with Crippen LogP contribution in [0.3, 0.4) is 0 Å². The molecular formula is C32H43FN4O3. The number of fused-ring (bicyclic) bond motifs is 1. The highest BCUT2D eigenvalue weighted by Crippen LogP contribution is 2.37. The summed E-state index contributed by atoms with van der Waals surface area (Å²) in [6.45, 7) is 16.4. The fraction of sp³-hybridized carbons (Fsp3) is 0.562. The molecule has 3 aromatic rings. The number of pyridine rings is 1. The molecule has 2 aliphatic heterocycles. The third-order valence-electron chi connectivity index (χ3n) is 8.58. The Bertz CT molecular complexity index is 1340. The summed E-state index contributed by atoms with van der Waals surface area (Å²) in [7, 11) is 0. The SMILES string of the molecule is CCN(C(=O)c1cc(F)ccc1-c1cc(C2CN(C(CCC3OCCO3)C(C)C)C2)cn2c(C)ncc12)C(C)C. The zero-order valence-corrected chi connectivity index (χ0v) is 24.7. The Hall–Kier alpha value is -2.81. The van der Waals surface area contributed by atoms with Gasteiger partial charge in [-0.1, -0.05) is 19.9 Å². The summed E-state index contributed by atoms with van der Waals surface area (Å²) in [6, 6.07) is 7.25. The molecular weight excluding hydrogens is 507 g/mol. The van der Waals surface area contributed by atoms with Gasteiger partial charge in [0.2, 0.25) is 0 Å². The van der Waals surface area contributed by atoms with E-state index in [4.69, 9.17) is 9.47 Å². The molecule has 216 valence electrons. The minimum atomic E-state index is -0.411. The van der Waals surface area contributed by atoms with Crippen LogP contribution in [0.2, 0.25) is 0 Å². The number of benzene rings is 1. The van der Waals surface area contributed by atoms with Crippen molar-refractivity contribution >= 4 is 11.4 Å². The van der Waals surface area contributed by atoms with Crippen LogP contribution in [0.5, 0.6) is 0 Å². The van der Waals surface area contributed by atoms with Crippen LogP contribution < -0.4 is 0 Å². The van der Waals surface area contributed by atoms with Gasteiger partial charge < -0.3 is 18.8 Å². The number of aromatic nitrogens is 2. The van der Waals surface area contributed by atoms with Gasteiger partial charge in [-0.3, -0.25) is 9.69 Å². The Morgan fingerprint density at radius 3 is 2.50 bits per heavy atom. The minimum absolute atomic E-state index is 0.0128. The Labute approximate surface area is 237 Å². The highest BCUT2D eigenvalue weighted by atomic mass is 19.1. The second-order valence-corrected chi connectivity index (χ2v) is 11.8. The van der Waals surface area contributed by atoms with E-state index in [-0.39, 0.29) is 18.2 Å². The first-order valence-electron chi connectivity index (χ1n) is 14.7. The highest BCUT2D eigenvalue weighted by molar-refractivity contribution is 6.03. The van der Waals surface area contributed by atoms with Crippen molar-refractivity contribution in [2.24, 2.45) is 5.92 Å². The lowest BCUT2D eigenvalue weighted by Gasteiger charge is -2.46. The average molecular weight is 551 g/mol. The fourth-order valence-electron chi connectivity index (χ4n) is 6.32. The van der Waals surface area contributed by atoms with Gasteiger partial charge in [-0.2, -0.15) is 0 Å². The molecule has 2 aromatic heterocycles. The number of carbonyl (C=O) groups excluding carboxylic acids is 1. The maximum Gasteiger partial charge on any atom is 0.254 e. The van der Waals surface area contributed by atoms with Crippen LogP contribution in [0.1, 0.15) is 75.1 Å². The molecule has 1 amide bonds. The van der Waals surface area contributed by atoms with Crippen molar-refractivity contribution in [1.82, 2.24) is 19.2 Å². The van der Waals surface area contributed by atoms with Gasteiger partial charge in [-0.05, 0) is 75.8 Å². The summed E-state index contributed by atoms with van der Waals surface area (Å²) < 4.78 is 28.0. The summed E-state index contributed by atoms with van der Waals surface area (Å²) in [5, 5.41) is 0. The molecule has 1 aromatic carbocycles. The van der Waals surface area contributed by atoms with Crippen molar-refractivity contribution in [2.45, 2.75) is 78.7 Å². The van der Waals surface area contributed by atoms with Crippen molar-refractivity contribution < 1.29 is 18.7 Å². The Morgan fingerprint density at radius 2 is 1.85 bits per heavy atom. The summed E-state index contributed by atoms with van der Waals surface area (Å²) in [6.07, 6.45) is 5.93. The Balaban J connectivity index is 1.45. The van der Waals surface area contributed by atoms with Crippen LogP contribution in [-0.4, -0.2) is 76.3 Å². The van der Waals surface area contributed by atoms with E-state index in [1.807, 2.05) is 33.9 Å². The number of hydrogen-bond acceptors (Lipinski definition) is 5. The first-order valence-corrected chi connectivity index (χ1v) is 14.7. The first kappa shape index (κ1) is 28.7. The lowest BCUT2D eigenvalue weighted by atomic mass is 9.85. The summed E-state index contributed by atoms with van der Waals surface area (Å²) in [4.78, 5) is 22.6. The van der Waals surface area contributed by atoms with Gasteiger partial charge in [-0.15, -0.1) is 0 Å². The van der Waals surface area contributed by atoms with Crippen molar-refractivity contribution in [1.29, 1.82) is 0 Å². The monoisotopic (exact) mass is 550 g/mol. The van der Waals surface area contributed by atoms with E-state index in [2.05, 4.69) is 40.4 Å². The number of carbonyl (C=O) groups is 1. The molecule has 0 saturated carbocycles. The minimum Gasteiger partial charge on any atom is -0.350 e. The average Bonchev–Trinajstić information content (AvgIpc) is 3.54. The number of hydrogen-bond donors (Lipinski definition) is 0. The van der Waals surface area contributed by atoms with Crippen LogP contribution in [-0.2, 0) is 9.47 Å².